The number of nitrogens with two attached hydrogens (primary N) is 1. The number of nitrogens with one attached hydrogen (secondary N) is 1. The highest BCUT2D eigenvalue weighted by Gasteiger charge is 2.01. The van der Waals surface area contributed by atoms with E-state index in [-0.39, 0.29) is 5.71 Å². The van der Waals surface area contributed by atoms with E-state index in [1.807, 2.05) is 0 Å². The lowest BCUT2D eigenvalue weighted by atomic mass is 10.3. The van der Waals surface area contributed by atoms with Gasteiger partial charge in [-0.1, -0.05) is 0 Å². The van der Waals surface area contributed by atoms with Gasteiger partial charge >= 0.3 is 0 Å². The number of hydrazone groups is 2. The van der Waals surface area contributed by atoms with Crippen molar-refractivity contribution >= 4 is 17.8 Å². The molecule has 0 unspecified atom stereocenters. The highest BCUT2D eigenvalue weighted by Crippen LogP contribution is 1.82. The van der Waals surface area contributed by atoms with Crippen LogP contribution in [-0.2, 0) is 4.79 Å². The lowest BCUT2D eigenvalue weighted by molar-refractivity contribution is -0.111. The van der Waals surface area contributed by atoms with Crippen LogP contribution in [0.4, 0.5) is 0 Å². The second kappa shape index (κ2) is 2.77. The molecule has 0 aromatic carbocycles. The molecule has 3 N–H and O–H groups in total. The minimum atomic E-state index is -0.575. The van der Waals surface area contributed by atoms with Crippen molar-refractivity contribution in [1.29, 1.82) is 0 Å². The second-order valence-corrected chi connectivity index (χ2v) is 1.60. The van der Waals surface area contributed by atoms with Crippen molar-refractivity contribution < 1.29 is 4.79 Å². The van der Waals surface area contributed by atoms with Gasteiger partial charge in [0.1, 0.15) is 5.71 Å². The maximum atomic E-state index is 10.5. The maximum absolute atomic E-state index is 10.5. The van der Waals surface area contributed by atoms with Crippen molar-refractivity contribution in [2.75, 3.05) is 0 Å². The summed E-state index contributed by atoms with van der Waals surface area (Å²) >= 11 is 0. The SMILES string of the molecule is NC(=O)C1=NNN=CC=C1. The highest BCUT2D eigenvalue weighted by molar-refractivity contribution is 6.43. The van der Waals surface area contributed by atoms with Crippen molar-refractivity contribution in [2.45, 2.75) is 0 Å². The minimum absolute atomic E-state index is 0.164. The molecule has 1 heterocycles. The molecule has 0 bridgehead atoms. The Morgan fingerprint density at radius 1 is 1.70 bits per heavy atom. The Morgan fingerprint density at radius 2 is 2.50 bits per heavy atom. The maximum Gasteiger partial charge on any atom is 0.269 e. The summed E-state index contributed by atoms with van der Waals surface area (Å²) in [6.45, 7) is 0. The first-order valence-electron chi connectivity index (χ1n) is 2.63. The van der Waals surface area contributed by atoms with Crippen LogP contribution in [0.5, 0.6) is 0 Å². The second-order valence-electron chi connectivity index (χ2n) is 1.60. The number of allylic oxidation sites excluding steroid dienone is 1. The lowest BCUT2D eigenvalue weighted by Gasteiger charge is -1.90. The number of carbonyl (C=O) groups is 1. The van der Waals surface area contributed by atoms with Crippen LogP contribution in [0, 0.1) is 0 Å². The number of rotatable bonds is 1. The van der Waals surface area contributed by atoms with Gasteiger partial charge in [0.2, 0.25) is 0 Å². The molecule has 0 aromatic heterocycles. The van der Waals surface area contributed by atoms with Gasteiger partial charge in [0.25, 0.3) is 5.91 Å². The summed E-state index contributed by atoms with van der Waals surface area (Å²) in [6, 6.07) is 0. The minimum Gasteiger partial charge on any atom is -0.364 e. The molecule has 0 spiro atoms. The first-order valence-corrected chi connectivity index (χ1v) is 2.63. The Labute approximate surface area is 57.3 Å². The van der Waals surface area contributed by atoms with E-state index >= 15 is 0 Å². The molecule has 1 amide bonds. The molecule has 10 heavy (non-hydrogen) atoms. The topological polar surface area (TPSA) is 79.8 Å². The first kappa shape index (κ1) is 6.47. The van der Waals surface area contributed by atoms with Gasteiger partial charge in [-0.25, -0.2) is 0 Å². The quantitative estimate of drug-likeness (QED) is 0.486. The van der Waals surface area contributed by atoms with E-state index in [0.29, 0.717) is 0 Å². The van der Waals surface area contributed by atoms with Gasteiger partial charge in [-0.15, -0.1) is 0 Å². The van der Waals surface area contributed by atoms with Gasteiger partial charge in [-0.2, -0.15) is 15.7 Å². The Hall–Kier alpha value is -1.65. The molecule has 1 aliphatic heterocycles. The summed E-state index contributed by atoms with van der Waals surface area (Å²) in [5.41, 5.74) is 7.36. The van der Waals surface area contributed by atoms with Crippen LogP contribution >= 0.6 is 0 Å². The number of carbonyl (C=O) groups excluding carboxylic acids is 1. The largest absolute Gasteiger partial charge is 0.364 e. The van der Waals surface area contributed by atoms with Crippen LogP contribution in [0.25, 0.3) is 0 Å². The van der Waals surface area contributed by atoms with Gasteiger partial charge < -0.3 is 5.73 Å². The summed E-state index contributed by atoms with van der Waals surface area (Å²) in [5, 5.41) is 7.08. The monoisotopic (exact) mass is 138 g/mol. The third kappa shape index (κ3) is 1.41. The normalized spacial score (nSPS) is 15.4. The number of nitrogens with zero attached hydrogens (tertiary/aromatic N) is 2. The molecule has 5 nitrogen and oxygen atoms in total. The predicted octanol–water partition coefficient (Wildman–Crippen LogP) is -1.03. The molecular formula is C5H6N4O. The third-order valence-electron chi connectivity index (χ3n) is 0.895. The summed E-state index contributed by atoms with van der Waals surface area (Å²) in [6.07, 6.45) is 4.52. The van der Waals surface area contributed by atoms with E-state index in [1.54, 1.807) is 6.08 Å². The Kier molecular flexibility index (Phi) is 1.79. The van der Waals surface area contributed by atoms with Gasteiger partial charge in [0, 0.05) is 6.21 Å². The van der Waals surface area contributed by atoms with Gasteiger partial charge in [-0.05, 0) is 12.2 Å². The molecule has 1 aliphatic rings. The lowest BCUT2D eigenvalue weighted by Crippen LogP contribution is -2.22. The molecule has 0 fully saturated rings. The van der Waals surface area contributed by atoms with E-state index in [4.69, 9.17) is 5.73 Å². The number of hydrogen-bond donors (Lipinski definition) is 2. The molecule has 0 atom stereocenters. The molecule has 0 aliphatic carbocycles. The van der Waals surface area contributed by atoms with Crippen LogP contribution in [-0.4, -0.2) is 17.8 Å². The molecule has 0 radical (unpaired) electrons. The van der Waals surface area contributed by atoms with E-state index < -0.39 is 5.91 Å². The molecule has 0 saturated carbocycles. The van der Waals surface area contributed by atoms with Gasteiger partial charge in [0.15, 0.2) is 0 Å². The zero-order valence-corrected chi connectivity index (χ0v) is 5.11. The molecule has 52 valence electrons. The standard InChI is InChI=1S/C5H6N4O/c6-5(10)4-2-1-3-7-9-8-4/h1-3,9H,(H2,6,10). The molecule has 0 aromatic rings. The Bertz CT molecular complexity index is 228. The van der Waals surface area contributed by atoms with E-state index in [2.05, 4.69) is 15.7 Å². The van der Waals surface area contributed by atoms with Crippen LogP contribution in [0.15, 0.2) is 22.4 Å². The Morgan fingerprint density at radius 3 is 3.20 bits per heavy atom. The smallest absolute Gasteiger partial charge is 0.269 e. The van der Waals surface area contributed by atoms with Crippen molar-refractivity contribution in [3.05, 3.63) is 12.2 Å². The predicted molar refractivity (Wildman–Crippen MR) is 37.4 cm³/mol. The zero-order chi connectivity index (χ0) is 7.40. The number of amides is 1. The highest BCUT2D eigenvalue weighted by atomic mass is 16.1. The van der Waals surface area contributed by atoms with E-state index in [1.165, 1.54) is 12.3 Å². The summed E-state index contributed by atoms with van der Waals surface area (Å²) in [4.78, 5) is 10.5. The van der Waals surface area contributed by atoms with Crippen molar-refractivity contribution in [3.8, 4) is 0 Å². The fraction of sp³-hybridized carbons (Fsp3) is 0. The molecular weight excluding hydrogens is 132 g/mol. The van der Waals surface area contributed by atoms with Crippen LogP contribution in [0.1, 0.15) is 0 Å². The summed E-state index contributed by atoms with van der Waals surface area (Å²) in [7, 11) is 0. The van der Waals surface area contributed by atoms with Crippen LogP contribution in [0.2, 0.25) is 0 Å². The van der Waals surface area contributed by atoms with E-state index in [9.17, 15) is 4.79 Å². The van der Waals surface area contributed by atoms with E-state index in [0.717, 1.165) is 0 Å². The first-order chi connectivity index (χ1) is 4.80. The van der Waals surface area contributed by atoms with Crippen molar-refractivity contribution in [3.63, 3.8) is 0 Å². The van der Waals surface area contributed by atoms with Crippen molar-refractivity contribution in [1.82, 2.24) is 5.53 Å². The third-order valence-corrected chi connectivity index (χ3v) is 0.895. The average molecular weight is 138 g/mol. The summed E-state index contributed by atoms with van der Waals surface area (Å²) in [5.74, 6) is -0.575. The fourth-order valence-corrected chi connectivity index (χ4v) is 0.468. The van der Waals surface area contributed by atoms with Crippen molar-refractivity contribution in [2.24, 2.45) is 15.9 Å². The number of hydrogen-bond acceptors (Lipinski definition) is 4. The van der Waals surface area contributed by atoms with Gasteiger partial charge in [-0.3, -0.25) is 4.79 Å². The molecule has 0 saturated heterocycles. The molecule has 5 heteroatoms. The number of primary amides is 1. The van der Waals surface area contributed by atoms with Crippen LogP contribution < -0.4 is 11.3 Å². The van der Waals surface area contributed by atoms with Crippen LogP contribution in [0.3, 0.4) is 0 Å². The summed E-state index contributed by atoms with van der Waals surface area (Å²) < 4.78 is 0. The molecule has 1 rings (SSSR count). The average Bonchev–Trinajstić information content (AvgIpc) is 2.12. The fourth-order valence-electron chi connectivity index (χ4n) is 0.468. The van der Waals surface area contributed by atoms with Gasteiger partial charge in [0.05, 0.1) is 0 Å². The zero-order valence-electron chi connectivity index (χ0n) is 5.11. The Balaban J connectivity index is 2.78.